The first kappa shape index (κ1) is 7.61. The molecule has 0 amide bonds. The highest BCUT2D eigenvalue weighted by Gasteiger charge is 2.16. The molecule has 0 radical (unpaired) electrons. The third kappa shape index (κ3) is 1.30. The summed E-state index contributed by atoms with van der Waals surface area (Å²) in [5.74, 6) is 0.767. The number of nitrogens with one attached hydrogen (secondary N) is 1. The van der Waals surface area contributed by atoms with Gasteiger partial charge in [-0.1, -0.05) is 0 Å². The molecule has 1 aromatic heterocycles. The van der Waals surface area contributed by atoms with Crippen LogP contribution >= 0.6 is 0 Å². The summed E-state index contributed by atoms with van der Waals surface area (Å²) in [6.45, 7) is 2.11. The molecule has 3 N–H and O–H groups in total. The fourth-order valence-corrected chi connectivity index (χ4v) is 1.67. The summed E-state index contributed by atoms with van der Waals surface area (Å²) < 4.78 is 1.91. The minimum Gasteiger partial charge on any atom is -0.384 e. The number of nitrogens with two attached hydrogens (primary N) is 1. The first-order valence-corrected chi connectivity index (χ1v) is 4.37. The van der Waals surface area contributed by atoms with Gasteiger partial charge in [-0.2, -0.15) is 5.10 Å². The number of nitrogens with zero attached hydrogens (tertiary/aromatic N) is 2. The van der Waals surface area contributed by atoms with Crippen molar-refractivity contribution in [1.29, 1.82) is 0 Å². The van der Waals surface area contributed by atoms with Crippen LogP contribution in [0.3, 0.4) is 0 Å². The molecule has 1 unspecified atom stereocenters. The maximum atomic E-state index is 5.74. The lowest BCUT2D eigenvalue weighted by Gasteiger charge is -2.23. The highest BCUT2D eigenvalue weighted by Crippen LogP contribution is 2.18. The summed E-state index contributed by atoms with van der Waals surface area (Å²) in [5, 5.41) is 7.53. The number of piperidine rings is 1. The van der Waals surface area contributed by atoms with Crippen LogP contribution in [-0.2, 0) is 0 Å². The average molecular weight is 166 g/mol. The van der Waals surface area contributed by atoms with E-state index in [4.69, 9.17) is 5.73 Å². The zero-order chi connectivity index (χ0) is 8.39. The molecule has 0 aliphatic carbocycles. The molecule has 0 spiro atoms. The van der Waals surface area contributed by atoms with Gasteiger partial charge in [-0.25, -0.2) is 4.68 Å². The van der Waals surface area contributed by atoms with E-state index in [0.29, 0.717) is 6.04 Å². The second-order valence-corrected chi connectivity index (χ2v) is 3.20. The van der Waals surface area contributed by atoms with Gasteiger partial charge in [0.15, 0.2) is 0 Å². The van der Waals surface area contributed by atoms with Gasteiger partial charge in [0, 0.05) is 6.54 Å². The monoisotopic (exact) mass is 166 g/mol. The predicted octanol–water partition coefficient (Wildman–Crippen LogP) is 0.390. The van der Waals surface area contributed by atoms with Gasteiger partial charge in [0.1, 0.15) is 5.82 Å². The molecule has 0 saturated carbocycles. The SMILES string of the molecule is Nc1ccnn1C1CCCNC1. The molecule has 2 rings (SSSR count). The highest BCUT2D eigenvalue weighted by atomic mass is 15.3. The Balaban J connectivity index is 2.13. The lowest BCUT2D eigenvalue weighted by Crippen LogP contribution is -2.32. The van der Waals surface area contributed by atoms with Gasteiger partial charge in [-0.05, 0) is 25.5 Å². The fourth-order valence-electron chi connectivity index (χ4n) is 1.67. The van der Waals surface area contributed by atoms with E-state index in [1.165, 1.54) is 12.8 Å². The van der Waals surface area contributed by atoms with E-state index in [-0.39, 0.29) is 0 Å². The Labute approximate surface area is 71.7 Å². The van der Waals surface area contributed by atoms with E-state index >= 15 is 0 Å². The summed E-state index contributed by atoms with van der Waals surface area (Å²) in [5.41, 5.74) is 5.74. The van der Waals surface area contributed by atoms with Crippen molar-refractivity contribution < 1.29 is 0 Å². The Kier molecular flexibility index (Phi) is 1.99. The molecule has 4 nitrogen and oxygen atoms in total. The van der Waals surface area contributed by atoms with E-state index in [1.807, 2.05) is 10.7 Å². The van der Waals surface area contributed by atoms with Gasteiger partial charge in [-0.15, -0.1) is 0 Å². The quantitative estimate of drug-likeness (QED) is 0.634. The molecule has 2 heterocycles. The third-order valence-corrected chi connectivity index (χ3v) is 2.32. The van der Waals surface area contributed by atoms with Crippen LogP contribution in [0.1, 0.15) is 18.9 Å². The van der Waals surface area contributed by atoms with E-state index < -0.39 is 0 Å². The normalized spacial score (nSPS) is 24.2. The minimum absolute atomic E-state index is 0.453. The summed E-state index contributed by atoms with van der Waals surface area (Å²) in [4.78, 5) is 0. The van der Waals surface area contributed by atoms with Crippen LogP contribution in [0.5, 0.6) is 0 Å². The van der Waals surface area contributed by atoms with Crippen molar-refractivity contribution in [1.82, 2.24) is 15.1 Å². The van der Waals surface area contributed by atoms with E-state index in [2.05, 4.69) is 10.4 Å². The molecular weight excluding hydrogens is 152 g/mol. The Morgan fingerprint density at radius 2 is 2.58 bits per heavy atom. The Hall–Kier alpha value is -1.03. The molecule has 1 fully saturated rings. The minimum atomic E-state index is 0.453. The van der Waals surface area contributed by atoms with Gasteiger partial charge in [-0.3, -0.25) is 0 Å². The largest absolute Gasteiger partial charge is 0.384 e. The van der Waals surface area contributed by atoms with Gasteiger partial charge in [0.2, 0.25) is 0 Å². The third-order valence-electron chi connectivity index (χ3n) is 2.32. The summed E-state index contributed by atoms with van der Waals surface area (Å²) in [6.07, 6.45) is 4.15. The maximum Gasteiger partial charge on any atom is 0.122 e. The Morgan fingerprint density at radius 3 is 3.17 bits per heavy atom. The van der Waals surface area contributed by atoms with Crippen LogP contribution in [-0.4, -0.2) is 22.9 Å². The Morgan fingerprint density at radius 1 is 1.67 bits per heavy atom. The first-order chi connectivity index (χ1) is 5.88. The van der Waals surface area contributed by atoms with Gasteiger partial charge in [0.25, 0.3) is 0 Å². The van der Waals surface area contributed by atoms with Crippen LogP contribution < -0.4 is 11.1 Å². The lowest BCUT2D eigenvalue weighted by atomic mass is 10.1. The molecule has 66 valence electrons. The molecule has 1 saturated heterocycles. The van der Waals surface area contributed by atoms with Gasteiger partial charge < -0.3 is 11.1 Å². The van der Waals surface area contributed by atoms with Crippen LogP contribution in [0.25, 0.3) is 0 Å². The molecule has 0 bridgehead atoms. The zero-order valence-electron chi connectivity index (χ0n) is 7.03. The van der Waals surface area contributed by atoms with Crippen molar-refractivity contribution in [2.75, 3.05) is 18.8 Å². The fraction of sp³-hybridized carbons (Fsp3) is 0.625. The van der Waals surface area contributed by atoms with E-state index in [1.54, 1.807) is 6.20 Å². The standard InChI is InChI=1S/C8H14N4/c9-8-3-5-11-12(8)7-2-1-4-10-6-7/h3,5,7,10H,1-2,4,6,9H2. The van der Waals surface area contributed by atoms with Gasteiger partial charge >= 0.3 is 0 Å². The van der Waals surface area contributed by atoms with Crippen molar-refractivity contribution in [2.24, 2.45) is 0 Å². The second kappa shape index (κ2) is 3.15. The molecular formula is C8H14N4. The molecule has 1 aliphatic rings. The van der Waals surface area contributed by atoms with E-state index in [0.717, 1.165) is 18.9 Å². The van der Waals surface area contributed by atoms with Crippen molar-refractivity contribution in [3.05, 3.63) is 12.3 Å². The number of rotatable bonds is 1. The summed E-state index contributed by atoms with van der Waals surface area (Å²) >= 11 is 0. The van der Waals surface area contributed by atoms with Crippen LogP contribution in [0, 0.1) is 0 Å². The molecule has 4 heteroatoms. The second-order valence-electron chi connectivity index (χ2n) is 3.20. The summed E-state index contributed by atoms with van der Waals surface area (Å²) in [7, 11) is 0. The maximum absolute atomic E-state index is 5.74. The average Bonchev–Trinajstić information content (AvgIpc) is 2.53. The number of aromatic nitrogens is 2. The molecule has 1 atom stereocenters. The van der Waals surface area contributed by atoms with Gasteiger partial charge in [0.05, 0.1) is 12.2 Å². The summed E-state index contributed by atoms with van der Waals surface area (Å²) in [6, 6.07) is 2.29. The molecule has 1 aromatic rings. The first-order valence-electron chi connectivity index (χ1n) is 4.37. The number of hydrogen-bond acceptors (Lipinski definition) is 3. The topological polar surface area (TPSA) is 55.9 Å². The molecule has 0 aromatic carbocycles. The number of anilines is 1. The van der Waals surface area contributed by atoms with Crippen LogP contribution in [0.2, 0.25) is 0 Å². The zero-order valence-corrected chi connectivity index (χ0v) is 7.03. The lowest BCUT2D eigenvalue weighted by molar-refractivity contribution is 0.350. The Bertz CT molecular complexity index is 249. The van der Waals surface area contributed by atoms with Crippen molar-refractivity contribution in [3.8, 4) is 0 Å². The van der Waals surface area contributed by atoms with Crippen LogP contribution in [0.15, 0.2) is 12.3 Å². The highest BCUT2D eigenvalue weighted by molar-refractivity contribution is 5.26. The molecule has 12 heavy (non-hydrogen) atoms. The molecule has 1 aliphatic heterocycles. The van der Waals surface area contributed by atoms with Crippen molar-refractivity contribution >= 4 is 5.82 Å². The predicted molar refractivity (Wildman–Crippen MR) is 47.8 cm³/mol. The van der Waals surface area contributed by atoms with E-state index in [9.17, 15) is 0 Å². The number of hydrogen-bond donors (Lipinski definition) is 2. The van der Waals surface area contributed by atoms with Crippen molar-refractivity contribution in [3.63, 3.8) is 0 Å². The number of nitrogen functional groups attached to an aromatic ring is 1. The van der Waals surface area contributed by atoms with Crippen molar-refractivity contribution in [2.45, 2.75) is 18.9 Å². The smallest absolute Gasteiger partial charge is 0.122 e. The van der Waals surface area contributed by atoms with Crippen LogP contribution in [0.4, 0.5) is 5.82 Å².